The molecule has 0 spiro atoms. The van der Waals surface area contributed by atoms with E-state index in [-0.39, 0.29) is 62.9 Å². The number of amides is 6. The van der Waals surface area contributed by atoms with Crippen molar-refractivity contribution in [2.75, 3.05) is 60.3 Å². The van der Waals surface area contributed by atoms with Gasteiger partial charge in [0.25, 0.3) is 0 Å². The molecule has 12 rings (SSSR count). The summed E-state index contributed by atoms with van der Waals surface area (Å²) in [7, 11) is -1.91. The Kier molecular flexibility index (Phi) is 27.9. The number of hydrogen-bond acceptors (Lipinski definition) is 25. The largest absolute Gasteiger partial charge is 0.510 e. The van der Waals surface area contributed by atoms with Crippen LogP contribution in [-0.2, 0) is 60.8 Å². The van der Waals surface area contributed by atoms with Gasteiger partial charge in [-0.15, -0.1) is 24.5 Å². The van der Waals surface area contributed by atoms with Crippen molar-refractivity contribution >= 4 is 95.2 Å². The van der Waals surface area contributed by atoms with Crippen molar-refractivity contribution in [3.8, 4) is 45.6 Å². The van der Waals surface area contributed by atoms with E-state index in [4.69, 9.17) is 66.4 Å². The Bertz CT molecular complexity index is 4730. The summed E-state index contributed by atoms with van der Waals surface area (Å²) in [5.41, 5.74) is 2.37. The minimum Gasteiger partial charge on any atom is -0.497 e. The minimum absolute atomic E-state index is 0.0214. The van der Waals surface area contributed by atoms with Gasteiger partial charge in [0, 0.05) is 97.6 Å². The summed E-state index contributed by atoms with van der Waals surface area (Å²) in [4.78, 5) is 115. The molecular weight excluding hydrogens is 1560 g/mol. The summed E-state index contributed by atoms with van der Waals surface area (Å²) >= 11 is 1.45. The number of carbonyl (C=O) groups is 7. The standard InChI is InChI=1S/C44H61N6O11PS.C40H51N4O9P/c1-11-27-21-44(27,62(10,55)58-24-57-42(54)59-26(4)5)49-38(51)35-19-30(22-50(35)39(52)37(43(6,7)8)48-41(53)61-28-14-12-13-15-28)60-36-20-33(34-23-63-40(47-34)45-25(2)3)46-32-18-29(56-9)16-17-31(32)36;1-8-26-23-40(26,54(48,50-6)51-7)43-36(45)33-21-29(24-44(33)37(46)35(39(2,3)4)42-38(47)53-27-16-12-13-17-27)52-34-22-31(25-14-10-9-11-15-25)41-32-20-28(49-5)18-19-30(32)34/h11,16-18,20,23,25-28,30,35,37H,1,12-15,19,21-22,24H2,2-10H3,(H,45,47)(H,48,53)(H,49,51);8-11,14-15,18-20,22,26-27,29,33,35H,1,12-13,16-17,21,23-24H2,2-7H3,(H,42,47)(H,43,45)/t27-,30-,35+,37-,44+,62?;26-,29-,33+,35-,40+/m11/s1. The lowest BCUT2D eigenvalue weighted by Gasteiger charge is -2.36. The van der Waals surface area contributed by atoms with E-state index in [2.05, 4.69) is 39.7 Å². The van der Waals surface area contributed by atoms with Crippen molar-refractivity contribution in [3.05, 3.63) is 110 Å². The second kappa shape index (κ2) is 36.9. The molecule has 3 aromatic heterocycles. The molecule has 30 nitrogen and oxygen atoms in total. The lowest BCUT2D eigenvalue weighted by molar-refractivity contribution is -0.142. The maximum absolute atomic E-state index is 14.9. The van der Waals surface area contributed by atoms with Gasteiger partial charge in [-0.05, 0) is 127 Å². The highest BCUT2D eigenvalue weighted by Crippen LogP contribution is 2.72. The average Bonchev–Trinajstić information content (AvgIpc) is 1.56. The smallest absolute Gasteiger partial charge is 0.497 e. The number of thiazole rings is 1. The third-order valence-electron chi connectivity index (χ3n) is 22.1. The molecule has 0 radical (unpaired) electrons. The molecule has 11 atom stereocenters. The second-order valence-corrected chi connectivity index (χ2v) is 39.5. The Morgan fingerprint density at radius 3 is 1.50 bits per heavy atom. The Balaban J connectivity index is 0.000000232. The molecule has 2 saturated heterocycles. The van der Waals surface area contributed by atoms with E-state index < -0.39 is 134 Å². The maximum Gasteiger partial charge on any atom is 0.510 e. The molecule has 6 aromatic rings. The number of likely N-dealkylation sites (tertiary alicyclic amines) is 2. The molecule has 6 aliphatic rings. The number of benzene rings is 3. The van der Waals surface area contributed by atoms with Crippen LogP contribution in [0.3, 0.4) is 0 Å². The van der Waals surface area contributed by atoms with Crippen molar-refractivity contribution in [1.82, 2.24) is 46.0 Å². The lowest BCUT2D eigenvalue weighted by atomic mass is 9.85. The van der Waals surface area contributed by atoms with Gasteiger partial charge in [0.05, 0.1) is 55.8 Å². The normalized spacial score (nSPS) is 23.0. The first-order chi connectivity index (χ1) is 55.5. The van der Waals surface area contributed by atoms with Crippen LogP contribution in [0.25, 0.3) is 44.5 Å². The average molecular weight is 1680 g/mol. The number of rotatable bonds is 30. The van der Waals surface area contributed by atoms with E-state index in [1.807, 2.05) is 121 Å². The van der Waals surface area contributed by atoms with Crippen molar-refractivity contribution in [2.45, 2.75) is 218 Å². The number of fused-ring (bicyclic) bond motifs is 2. The number of anilines is 1. The first kappa shape index (κ1) is 88.4. The Morgan fingerprint density at radius 2 is 1.07 bits per heavy atom. The molecule has 4 saturated carbocycles. The van der Waals surface area contributed by atoms with Gasteiger partial charge in [-0.3, -0.25) is 32.8 Å². The van der Waals surface area contributed by atoms with E-state index in [0.29, 0.717) is 56.5 Å². The Hall–Kier alpha value is -9.38. The summed E-state index contributed by atoms with van der Waals surface area (Å²) in [6, 6.07) is 20.1. The van der Waals surface area contributed by atoms with Crippen LogP contribution >= 0.6 is 26.3 Å². The molecule has 6 fully saturated rings. The van der Waals surface area contributed by atoms with Gasteiger partial charge in [0.2, 0.25) is 37.8 Å². The summed E-state index contributed by atoms with van der Waals surface area (Å²) in [5, 5.41) is 16.2. The van der Waals surface area contributed by atoms with Gasteiger partial charge < -0.3 is 83.3 Å². The maximum atomic E-state index is 14.9. The number of methoxy groups -OCH3 is 2. The van der Waals surface area contributed by atoms with Crippen LogP contribution in [0.1, 0.15) is 146 Å². The van der Waals surface area contributed by atoms with E-state index in [1.54, 1.807) is 58.4 Å². The molecule has 6 amide bonds. The lowest BCUT2D eigenvalue weighted by Crippen LogP contribution is -2.58. The van der Waals surface area contributed by atoms with Gasteiger partial charge >= 0.3 is 25.9 Å². The second-order valence-electron chi connectivity index (χ2n) is 33.4. The van der Waals surface area contributed by atoms with Crippen LogP contribution in [0.4, 0.5) is 19.5 Å². The summed E-state index contributed by atoms with van der Waals surface area (Å²) in [5.74, 6) is -0.809. The zero-order valence-electron chi connectivity index (χ0n) is 69.4. The molecule has 5 heterocycles. The number of nitrogens with zero attached hydrogens (tertiary/aromatic N) is 5. The monoisotopic (exact) mass is 1670 g/mol. The van der Waals surface area contributed by atoms with Crippen LogP contribution in [0.2, 0.25) is 0 Å². The third-order valence-corrected chi connectivity index (χ3v) is 28.1. The van der Waals surface area contributed by atoms with Gasteiger partial charge in [-0.2, -0.15) is 0 Å². The van der Waals surface area contributed by atoms with Crippen molar-refractivity contribution in [2.24, 2.45) is 22.7 Å². The minimum atomic E-state index is -3.83. The summed E-state index contributed by atoms with van der Waals surface area (Å²) < 4.78 is 90.4. The van der Waals surface area contributed by atoms with Crippen LogP contribution in [0.15, 0.2) is 110 Å². The van der Waals surface area contributed by atoms with E-state index in [0.717, 1.165) is 67.4 Å². The topological polar surface area (TPSA) is 360 Å². The fourth-order valence-electron chi connectivity index (χ4n) is 15.6. The Morgan fingerprint density at radius 1 is 0.607 bits per heavy atom. The highest BCUT2D eigenvalue weighted by atomic mass is 32.1. The highest BCUT2D eigenvalue weighted by molar-refractivity contribution is 7.60. The highest BCUT2D eigenvalue weighted by Gasteiger charge is 2.69. The molecule has 33 heteroatoms. The fraction of sp³-hybridized carbons (Fsp3) is 0.548. The molecule has 117 heavy (non-hydrogen) atoms. The number of aromatic nitrogens is 3. The van der Waals surface area contributed by atoms with E-state index in [1.165, 1.54) is 42.0 Å². The fourth-order valence-corrected chi connectivity index (χ4v) is 20.5. The van der Waals surface area contributed by atoms with Gasteiger partial charge in [-0.1, -0.05) is 84.0 Å². The number of carbonyl (C=O) groups excluding carboxylic acids is 7. The van der Waals surface area contributed by atoms with Crippen LogP contribution in [0.5, 0.6) is 23.0 Å². The zero-order valence-corrected chi connectivity index (χ0v) is 72.0. The van der Waals surface area contributed by atoms with Crippen LogP contribution in [-0.4, -0.2) is 193 Å². The zero-order chi connectivity index (χ0) is 84.7. The van der Waals surface area contributed by atoms with Gasteiger partial charge in [0.15, 0.2) is 5.13 Å². The Labute approximate surface area is 687 Å². The molecular formula is C84H112N10O20P2S. The first-order valence-electron chi connectivity index (χ1n) is 39.8. The summed E-state index contributed by atoms with van der Waals surface area (Å²) in [6.45, 7) is 26.8. The van der Waals surface area contributed by atoms with Gasteiger partial charge in [-0.25, -0.2) is 29.3 Å². The predicted molar refractivity (Wildman–Crippen MR) is 443 cm³/mol. The third kappa shape index (κ3) is 20.5. The molecule has 1 unspecified atom stereocenters. The number of hydrogen-bond donors (Lipinski definition) is 5. The van der Waals surface area contributed by atoms with Gasteiger partial charge in [0.1, 0.15) is 87.8 Å². The molecule has 3 aromatic carbocycles. The van der Waals surface area contributed by atoms with Crippen molar-refractivity contribution < 1.29 is 94.2 Å². The quantitative estimate of drug-likeness (QED) is 0.00919. The molecule has 4 aliphatic carbocycles. The van der Waals surface area contributed by atoms with Crippen molar-refractivity contribution in [1.29, 1.82) is 0 Å². The number of alkyl carbamates (subject to hydrolysis) is 2. The molecule has 0 bridgehead atoms. The first-order valence-corrected chi connectivity index (χ1v) is 44.3. The number of pyridine rings is 2. The van der Waals surface area contributed by atoms with Crippen molar-refractivity contribution in [3.63, 3.8) is 0 Å². The number of nitrogens with one attached hydrogen (secondary N) is 5. The van der Waals surface area contributed by atoms with E-state index >= 15 is 0 Å². The van der Waals surface area contributed by atoms with Crippen LogP contribution < -0.4 is 45.5 Å². The van der Waals surface area contributed by atoms with E-state index in [9.17, 15) is 42.7 Å². The molecule has 2 aliphatic heterocycles. The molecule has 634 valence electrons. The predicted octanol–water partition coefficient (Wildman–Crippen LogP) is 14.9. The SMILES string of the molecule is C=C[C@@H]1C[C@]1(NC(=O)[C@@H]1C[C@@H](Oc2cc(-c3ccccc3)nc3cc(OC)ccc23)CN1C(=O)[C@@H](NC(=O)OC1CCCC1)C(C)(C)C)P(=O)(OC)OC.C=C[C@@H]1C[C@]1(NC(=O)[C@@H]1C[C@@H](Oc2cc(-c3csc(NC(C)C)n3)nc3cc(OC)ccc23)CN1C(=O)[C@@H](NC(=O)OC1CCCC1)C(C)(C)C)P(C)(=O)OCOC(=O)OC(C)C. The molecule has 5 N–H and O–H groups in total. The van der Waals surface area contributed by atoms with Crippen LogP contribution in [0, 0.1) is 22.7 Å². The summed E-state index contributed by atoms with van der Waals surface area (Å²) in [6.07, 6.45) is 6.08. The number of ether oxygens (including phenoxy) is 8.